The summed E-state index contributed by atoms with van der Waals surface area (Å²) in [6, 6.07) is 5.95. The molecule has 4 nitrogen and oxygen atoms in total. The van der Waals surface area contributed by atoms with Crippen LogP contribution in [0.1, 0.15) is 29.2 Å². The molecule has 1 saturated heterocycles. The molecule has 0 aliphatic carbocycles. The molecule has 3 rings (SSSR count). The van der Waals surface area contributed by atoms with Gasteiger partial charge in [-0.25, -0.2) is 4.98 Å². The largest absolute Gasteiger partial charge is 0.372 e. The number of likely N-dealkylation sites (tertiary alicyclic amines) is 1. The highest BCUT2D eigenvalue weighted by Crippen LogP contribution is 2.18. The second-order valence-corrected chi connectivity index (χ2v) is 6.43. The van der Waals surface area contributed by atoms with Crippen LogP contribution in [0.15, 0.2) is 29.8 Å². The molecule has 1 aliphatic heterocycles. The maximum atomic E-state index is 5.97. The summed E-state index contributed by atoms with van der Waals surface area (Å²) in [4.78, 5) is 11.3. The molecular formula is C16H21N3OS. The molecule has 0 unspecified atom stereocenters. The summed E-state index contributed by atoms with van der Waals surface area (Å²) in [6.45, 7) is 5.83. The predicted octanol–water partition coefficient (Wildman–Crippen LogP) is 3.03. The van der Waals surface area contributed by atoms with Crippen molar-refractivity contribution >= 4 is 11.3 Å². The molecule has 2 aromatic heterocycles. The molecule has 21 heavy (non-hydrogen) atoms. The highest BCUT2D eigenvalue weighted by Gasteiger charge is 2.20. The van der Waals surface area contributed by atoms with Crippen molar-refractivity contribution in [3.63, 3.8) is 0 Å². The van der Waals surface area contributed by atoms with Crippen molar-refractivity contribution in [2.75, 3.05) is 13.1 Å². The van der Waals surface area contributed by atoms with E-state index in [0.29, 0.717) is 12.7 Å². The third-order valence-corrected chi connectivity index (χ3v) is 4.70. The van der Waals surface area contributed by atoms with Crippen molar-refractivity contribution in [2.45, 2.75) is 39.0 Å². The summed E-state index contributed by atoms with van der Waals surface area (Å²) in [5, 5.41) is 3.35. The predicted molar refractivity (Wildman–Crippen MR) is 84.2 cm³/mol. The first-order valence-electron chi connectivity index (χ1n) is 7.44. The van der Waals surface area contributed by atoms with Gasteiger partial charge in [0.25, 0.3) is 0 Å². The summed E-state index contributed by atoms with van der Waals surface area (Å²) >= 11 is 1.76. The molecular weight excluding hydrogens is 282 g/mol. The molecule has 0 N–H and O–H groups in total. The van der Waals surface area contributed by atoms with Gasteiger partial charge in [0.1, 0.15) is 5.01 Å². The zero-order chi connectivity index (χ0) is 14.5. The Labute approximate surface area is 129 Å². The quantitative estimate of drug-likeness (QED) is 0.851. The van der Waals surface area contributed by atoms with Crippen molar-refractivity contribution in [3.8, 4) is 0 Å². The van der Waals surface area contributed by atoms with Crippen molar-refractivity contribution in [3.05, 3.63) is 46.2 Å². The number of pyridine rings is 1. The van der Waals surface area contributed by atoms with Gasteiger partial charge in [-0.15, -0.1) is 11.3 Å². The Kier molecular flexibility index (Phi) is 4.95. The Bertz CT molecular complexity index is 550. The lowest BCUT2D eigenvalue weighted by Gasteiger charge is -2.31. The Morgan fingerprint density at radius 1 is 1.33 bits per heavy atom. The molecule has 5 heteroatoms. The van der Waals surface area contributed by atoms with Crippen LogP contribution in [0.25, 0.3) is 0 Å². The van der Waals surface area contributed by atoms with Gasteiger partial charge in [-0.3, -0.25) is 9.88 Å². The molecule has 1 fully saturated rings. The number of nitrogens with zero attached hydrogens (tertiary/aromatic N) is 3. The van der Waals surface area contributed by atoms with Gasteiger partial charge >= 0.3 is 0 Å². The second kappa shape index (κ2) is 7.11. The lowest BCUT2D eigenvalue weighted by Crippen LogP contribution is -2.36. The van der Waals surface area contributed by atoms with E-state index in [1.54, 1.807) is 11.3 Å². The first-order valence-corrected chi connectivity index (χ1v) is 8.32. The molecule has 3 heterocycles. The Hall–Kier alpha value is -1.30. The average molecular weight is 303 g/mol. The Morgan fingerprint density at radius 3 is 2.86 bits per heavy atom. The van der Waals surface area contributed by atoms with Crippen LogP contribution in [-0.2, 0) is 17.9 Å². The number of ether oxygens (including phenoxy) is 1. The highest BCUT2D eigenvalue weighted by atomic mass is 32.1. The van der Waals surface area contributed by atoms with E-state index in [1.165, 1.54) is 5.01 Å². The smallest absolute Gasteiger partial charge is 0.107 e. The fraction of sp³-hybridized carbons (Fsp3) is 0.500. The number of aromatic nitrogens is 2. The standard InChI is InChI=1S/C16H21N3OS/c1-13-12-21-16(18-13)10-19-8-5-15(6-9-19)20-11-14-4-2-3-7-17-14/h2-4,7,12,15H,5-6,8-11H2,1H3. The fourth-order valence-corrected chi connectivity index (χ4v) is 3.40. The van der Waals surface area contributed by atoms with Gasteiger partial charge in [0, 0.05) is 30.4 Å². The topological polar surface area (TPSA) is 38.2 Å². The van der Waals surface area contributed by atoms with Crippen LogP contribution in [0.5, 0.6) is 0 Å². The molecule has 0 amide bonds. The lowest BCUT2D eigenvalue weighted by atomic mass is 10.1. The minimum atomic E-state index is 0.362. The summed E-state index contributed by atoms with van der Waals surface area (Å²) in [5.41, 5.74) is 2.14. The number of hydrogen-bond acceptors (Lipinski definition) is 5. The minimum absolute atomic E-state index is 0.362. The highest BCUT2D eigenvalue weighted by molar-refractivity contribution is 7.09. The summed E-state index contributed by atoms with van der Waals surface area (Å²) in [5.74, 6) is 0. The van der Waals surface area contributed by atoms with Gasteiger partial charge in [0.05, 0.1) is 24.9 Å². The summed E-state index contributed by atoms with van der Waals surface area (Å²) in [6.07, 6.45) is 4.37. The minimum Gasteiger partial charge on any atom is -0.372 e. The van der Waals surface area contributed by atoms with E-state index in [9.17, 15) is 0 Å². The number of hydrogen-bond donors (Lipinski definition) is 0. The van der Waals surface area contributed by atoms with E-state index in [4.69, 9.17) is 4.74 Å². The first-order chi connectivity index (χ1) is 10.3. The average Bonchev–Trinajstić information content (AvgIpc) is 2.93. The molecule has 0 atom stereocenters. The molecule has 0 saturated carbocycles. The maximum absolute atomic E-state index is 5.97. The second-order valence-electron chi connectivity index (χ2n) is 5.49. The van der Waals surface area contributed by atoms with Crippen molar-refractivity contribution in [1.29, 1.82) is 0 Å². The van der Waals surface area contributed by atoms with Gasteiger partial charge in [-0.2, -0.15) is 0 Å². The van der Waals surface area contributed by atoms with Crippen LogP contribution in [0.2, 0.25) is 0 Å². The number of aryl methyl sites for hydroxylation is 1. The van der Waals surface area contributed by atoms with Crippen molar-refractivity contribution in [2.24, 2.45) is 0 Å². The molecule has 1 aliphatic rings. The SMILES string of the molecule is Cc1csc(CN2CCC(OCc3ccccn3)CC2)n1. The molecule has 2 aromatic rings. The fourth-order valence-electron chi connectivity index (χ4n) is 2.59. The zero-order valence-electron chi connectivity index (χ0n) is 12.4. The third kappa shape index (κ3) is 4.33. The van der Waals surface area contributed by atoms with Gasteiger partial charge in [-0.05, 0) is 31.9 Å². The third-order valence-electron chi connectivity index (χ3n) is 3.75. The van der Waals surface area contributed by atoms with Crippen LogP contribution < -0.4 is 0 Å². The van der Waals surface area contributed by atoms with Gasteiger partial charge in [0.2, 0.25) is 0 Å². The van der Waals surface area contributed by atoms with E-state index in [2.05, 4.69) is 27.2 Å². The molecule has 0 spiro atoms. The number of rotatable bonds is 5. The summed E-state index contributed by atoms with van der Waals surface area (Å²) in [7, 11) is 0. The zero-order valence-corrected chi connectivity index (χ0v) is 13.2. The van der Waals surface area contributed by atoms with E-state index >= 15 is 0 Å². The van der Waals surface area contributed by atoms with Crippen molar-refractivity contribution < 1.29 is 4.74 Å². The number of piperidine rings is 1. The Balaban J connectivity index is 1.40. The molecule has 112 valence electrons. The van der Waals surface area contributed by atoms with E-state index in [1.807, 2.05) is 24.4 Å². The van der Waals surface area contributed by atoms with Crippen LogP contribution in [0.3, 0.4) is 0 Å². The van der Waals surface area contributed by atoms with E-state index in [0.717, 1.165) is 43.9 Å². The molecule has 0 radical (unpaired) electrons. The summed E-state index contributed by atoms with van der Waals surface area (Å²) < 4.78 is 5.97. The number of thiazole rings is 1. The van der Waals surface area contributed by atoms with Gasteiger partial charge in [0.15, 0.2) is 0 Å². The van der Waals surface area contributed by atoms with Crippen LogP contribution >= 0.6 is 11.3 Å². The molecule has 0 bridgehead atoms. The van der Waals surface area contributed by atoms with Crippen LogP contribution in [0.4, 0.5) is 0 Å². The maximum Gasteiger partial charge on any atom is 0.107 e. The van der Waals surface area contributed by atoms with E-state index < -0.39 is 0 Å². The Morgan fingerprint density at radius 2 is 2.19 bits per heavy atom. The van der Waals surface area contributed by atoms with E-state index in [-0.39, 0.29) is 0 Å². The van der Waals surface area contributed by atoms with Gasteiger partial charge in [-0.1, -0.05) is 6.07 Å². The van der Waals surface area contributed by atoms with Crippen LogP contribution in [-0.4, -0.2) is 34.1 Å². The lowest BCUT2D eigenvalue weighted by molar-refractivity contribution is -0.00524. The van der Waals surface area contributed by atoms with Crippen molar-refractivity contribution in [1.82, 2.24) is 14.9 Å². The monoisotopic (exact) mass is 303 g/mol. The van der Waals surface area contributed by atoms with Gasteiger partial charge < -0.3 is 4.74 Å². The molecule has 0 aromatic carbocycles. The normalized spacial score (nSPS) is 17.2. The first kappa shape index (κ1) is 14.6. The van der Waals surface area contributed by atoms with Crippen LogP contribution in [0, 0.1) is 6.92 Å².